The number of fused-ring (bicyclic) bond motifs is 4. The van der Waals surface area contributed by atoms with Gasteiger partial charge in [-0.15, -0.1) is 0 Å². The van der Waals surface area contributed by atoms with Crippen molar-refractivity contribution in [1.29, 1.82) is 0 Å². The van der Waals surface area contributed by atoms with Gasteiger partial charge in [0.15, 0.2) is 0 Å². The van der Waals surface area contributed by atoms with E-state index in [4.69, 9.17) is 4.74 Å². The lowest BCUT2D eigenvalue weighted by Gasteiger charge is -2.57. The lowest BCUT2D eigenvalue weighted by atomic mass is 9.58. The standard InChI is InChI=1S/C20H29NO2/c1-4-23-19-16-8-7-15(22)11-17(16)20(3)9-10-21(12-14-5-6-14)18(19)13(20)2/h7-8,11,13-14,18-19,22H,4-6,9-10,12H2,1-3H3/t13-,18-,19?,20+/m0/s1. The number of benzene rings is 1. The van der Waals surface area contributed by atoms with E-state index in [0.29, 0.717) is 17.7 Å². The summed E-state index contributed by atoms with van der Waals surface area (Å²) >= 11 is 0. The van der Waals surface area contributed by atoms with Crippen LogP contribution in [0.15, 0.2) is 18.2 Å². The van der Waals surface area contributed by atoms with Crippen LogP contribution in [0.5, 0.6) is 5.75 Å². The molecule has 1 heterocycles. The highest BCUT2D eigenvalue weighted by Crippen LogP contribution is 2.54. The highest BCUT2D eigenvalue weighted by atomic mass is 16.5. The van der Waals surface area contributed by atoms with Crippen LogP contribution in [0.3, 0.4) is 0 Å². The van der Waals surface area contributed by atoms with Crippen molar-refractivity contribution in [3.8, 4) is 5.75 Å². The van der Waals surface area contributed by atoms with E-state index in [0.717, 1.165) is 19.1 Å². The molecule has 1 aliphatic heterocycles. The second kappa shape index (κ2) is 5.49. The van der Waals surface area contributed by atoms with Gasteiger partial charge in [0.25, 0.3) is 0 Å². The summed E-state index contributed by atoms with van der Waals surface area (Å²) in [5.74, 6) is 1.84. The molecule has 1 saturated carbocycles. The largest absolute Gasteiger partial charge is 0.508 e. The predicted octanol–water partition coefficient (Wildman–Crippen LogP) is 3.86. The third-order valence-corrected chi connectivity index (χ3v) is 6.66. The summed E-state index contributed by atoms with van der Waals surface area (Å²) in [6.07, 6.45) is 4.11. The number of hydrogen-bond donors (Lipinski definition) is 1. The molecular formula is C20H29NO2. The zero-order valence-electron chi connectivity index (χ0n) is 14.6. The zero-order valence-corrected chi connectivity index (χ0v) is 14.6. The van der Waals surface area contributed by atoms with Crippen LogP contribution in [0.2, 0.25) is 0 Å². The Morgan fingerprint density at radius 1 is 1.35 bits per heavy atom. The predicted molar refractivity (Wildman–Crippen MR) is 91.7 cm³/mol. The van der Waals surface area contributed by atoms with Crippen molar-refractivity contribution in [2.45, 2.75) is 57.6 Å². The number of piperidine rings is 1. The van der Waals surface area contributed by atoms with Crippen LogP contribution < -0.4 is 0 Å². The smallest absolute Gasteiger partial charge is 0.115 e. The van der Waals surface area contributed by atoms with E-state index in [2.05, 4.69) is 31.7 Å². The molecule has 4 rings (SSSR count). The number of aromatic hydroxyl groups is 1. The minimum Gasteiger partial charge on any atom is -0.508 e. The molecule has 1 N–H and O–H groups in total. The van der Waals surface area contributed by atoms with Gasteiger partial charge in [0, 0.05) is 19.2 Å². The van der Waals surface area contributed by atoms with E-state index in [1.165, 1.54) is 36.9 Å². The summed E-state index contributed by atoms with van der Waals surface area (Å²) in [5, 5.41) is 10.0. The van der Waals surface area contributed by atoms with Crippen molar-refractivity contribution < 1.29 is 9.84 Å². The Labute approximate surface area is 139 Å². The van der Waals surface area contributed by atoms with Gasteiger partial charge in [-0.25, -0.2) is 0 Å². The van der Waals surface area contributed by atoms with Gasteiger partial charge in [-0.1, -0.05) is 19.9 Å². The first kappa shape index (κ1) is 15.5. The van der Waals surface area contributed by atoms with Crippen molar-refractivity contribution >= 4 is 0 Å². The van der Waals surface area contributed by atoms with Crippen LogP contribution in [-0.2, 0) is 10.2 Å². The Bertz CT molecular complexity index is 597. The summed E-state index contributed by atoms with van der Waals surface area (Å²) in [4.78, 5) is 2.71. The first-order valence-corrected chi connectivity index (χ1v) is 9.23. The van der Waals surface area contributed by atoms with E-state index >= 15 is 0 Å². The molecule has 126 valence electrons. The fourth-order valence-electron chi connectivity index (χ4n) is 4.96. The molecule has 4 atom stereocenters. The summed E-state index contributed by atoms with van der Waals surface area (Å²) in [5.41, 5.74) is 2.76. The Morgan fingerprint density at radius 2 is 2.13 bits per heavy atom. The van der Waals surface area contributed by atoms with Crippen molar-refractivity contribution in [2.24, 2.45) is 11.8 Å². The van der Waals surface area contributed by atoms with Crippen molar-refractivity contribution in [1.82, 2.24) is 4.90 Å². The fourth-order valence-corrected chi connectivity index (χ4v) is 4.96. The summed E-state index contributed by atoms with van der Waals surface area (Å²) in [7, 11) is 0. The maximum Gasteiger partial charge on any atom is 0.115 e. The molecule has 0 radical (unpaired) electrons. The minimum atomic E-state index is 0.137. The number of phenolic OH excluding ortho intramolecular Hbond substituents is 1. The minimum absolute atomic E-state index is 0.137. The Kier molecular flexibility index (Phi) is 3.69. The van der Waals surface area contributed by atoms with Gasteiger partial charge in [-0.05, 0) is 73.2 Å². The fraction of sp³-hybridized carbons (Fsp3) is 0.700. The molecular weight excluding hydrogens is 286 g/mol. The van der Waals surface area contributed by atoms with Gasteiger partial charge >= 0.3 is 0 Å². The number of ether oxygens (including phenoxy) is 1. The van der Waals surface area contributed by atoms with Crippen molar-refractivity contribution in [3.05, 3.63) is 29.3 Å². The molecule has 3 heteroatoms. The molecule has 2 fully saturated rings. The quantitative estimate of drug-likeness (QED) is 0.916. The first-order chi connectivity index (χ1) is 11.0. The van der Waals surface area contributed by atoms with Gasteiger partial charge in [0.2, 0.25) is 0 Å². The maximum atomic E-state index is 10.0. The van der Waals surface area contributed by atoms with E-state index < -0.39 is 0 Å². The Hall–Kier alpha value is -1.06. The van der Waals surface area contributed by atoms with E-state index in [1.807, 2.05) is 12.1 Å². The molecule has 1 unspecified atom stereocenters. The van der Waals surface area contributed by atoms with E-state index in [-0.39, 0.29) is 11.5 Å². The van der Waals surface area contributed by atoms with Gasteiger partial charge in [-0.3, -0.25) is 4.90 Å². The summed E-state index contributed by atoms with van der Waals surface area (Å²) < 4.78 is 6.26. The van der Waals surface area contributed by atoms with Crippen molar-refractivity contribution in [2.75, 3.05) is 19.7 Å². The number of nitrogens with zero attached hydrogens (tertiary/aromatic N) is 1. The van der Waals surface area contributed by atoms with Crippen LogP contribution in [0.4, 0.5) is 0 Å². The molecule has 3 nitrogen and oxygen atoms in total. The second-order valence-electron chi connectivity index (χ2n) is 8.03. The average Bonchev–Trinajstić information content (AvgIpc) is 3.33. The number of hydrogen-bond acceptors (Lipinski definition) is 3. The van der Waals surface area contributed by atoms with E-state index in [1.54, 1.807) is 0 Å². The molecule has 0 spiro atoms. The van der Waals surface area contributed by atoms with E-state index in [9.17, 15) is 5.11 Å². The lowest BCUT2D eigenvalue weighted by molar-refractivity contribution is -0.0836. The molecule has 23 heavy (non-hydrogen) atoms. The Morgan fingerprint density at radius 3 is 2.83 bits per heavy atom. The number of rotatable bonds is 4. The highest BCUT2D eigenvalue weighted by molar-refractivity contribution is 5.45. The second-order valence-corrected chi connectivity index (χ2v) is 8.03. The first-order valence-electron chi connectivity index (χ1n) is 9.23. The zero-order chi connectivity index (χ0) is 16.2. The van der Waals surface area contributed by atoms with Crippen LogP contribution in [0.25, 0.3) is 0 Å². The topological polar surface area (TPSA) is 32.7 Å². The lowest BCUT2D eigenvalue weighted by Crippen LogP contribution is -2.60. The van der Waals surface area contributed by atoms with Crippen LogP contribution in [0, 0.1) is 11.8 Å². The summed E-state index contributed by atoms with van der Waals surface area (Å²) in [6.45, 7) is 10.00. The molecule has 1 aromatic rings. The third kappa shape index (κ3) is 2.40. The molecule has 1 aromatic carbocycles. The normalized spacial score (nSPS) is 36.7. The molecule has 1 saturated heterocycles. The maximum absolute atomic E-state index is 10.0. The molecule has 0 aromatic heterocycles. The SMILES string of the molecule is CCOC1c2ccc(O)cc2[C@]2(C)CCN(CC3CC3)[C@H]1[C@@H]2C. The van der Waals surface area contributed by atoms with Gasteiger partial charge < -0.3 is 9.84 Å². The summed E-state index contributed by atoms with van der Waals surface area (Å²) in [6, 6.07) is 6.38. The number of phenols is 1. The van der Waals surface area contributed by atoms with Crippen LogP contribution >= 0.6 is 0 Å². The number of likely N-dealkylation sites (tertiary alicyclic amines) is 1. The molecule has 0 amide bonds. The van der Waals surface area contributed by atoms with Crippen molar-refractivity contribution in [3.63, 3.8) is 0 Å². The third-order valence-electron chi connectivity index (χ3n) is 6.66. The molecule has 3 aliphatic rings. The van der Waals surface area contributed by atoms with Crippen LogP contribution in [0.1, 0.15) is 57.3 Å². The van der Waals surface area contributed by atoms with Gasteiger partial charge in [0.05, 0.1) is 6.10 Å². The van der Waals surface area contributed by atoms with Crippen LogP contribution in [-0.4, -0.2) is 35.7 Å². The highest BCUT2D eigenvalue weighted by Gasteiger charge is 2.53. The van der Waals surface area contributed by atoms with Gasteiger partial charge in [0.1, 0.15) is 5.75 Å². The average molecular weight is 315 g/mol. The molecule has 2 bridgehead atoms. The monoisotopic (exact) mass is 315 g/mol. The van der Waals surface area contributed by atoms with Gasteiger partial charge in [-0.2, -0.15) is 0 Å². The Balaban J connectivity index is 1.79. The molecule has 2 aliphatic carbocycles.